The van der Waals surface area contributed by atoms with Crippen molar-refractivity contribution in [3.05, 3.63) is 35.1 Å². The Morgan fingerprint density at radius 2 is 2.05 bits per heavy atom. The van der Waals surface area contributed by atoms with Gasteiger partial charge in [0.15, 0.2) is 0 Å². The van der Waals surface area contributed by atoms with Crippen LogP contribution in [0.1, 0.15) is 28.6 Å². The number of likely N-dealkylation sites (N-methyl/N-ethyl adjacent to an activating group) is 1. The molecule has 5 nitrogen and oxygen atoms in total. The van der Waals surface area contributed by atoms with E-state index < -0.39 is 15.3 Å². The van der Waals surface area contributed by atoms with Gasteiger partial charge in [-0.2, -0.15) is 0 Å². The summed E-state index contributed by atoms with van der Waals surface area (Å²) in [6.45, 7) is 1.98. The molecule has 0 saturated heterocycles. The molecule has 6 heteroatoms. The lowest BCUT2D eigenvalue weighted by Crippen LogP contribution is -2.43. The molecule has 3 rings (SSSR count). The van der Waals surface area contributed by atoms with Gasteiger partial charge in [-0.3, -0.25) is 0 Å². The highest BCUT2D eigenvalue weighted by molar-refractivity contribution is 7.89. The molecule has 2 N–H and O–H groups in total. The highest BCUT2D eigenvalue weighted by Gasteiger charge is 2.41. The summed E-state index contributed by atoms with van der Waals surface area (Å²) in [5.74, 6) is 0.757. The van der Waals surface area contributed by atoms with Gasteiger partial charge in [0.2, 0.25) is 10.0 Å². The molecule has 0 saturated carbocycles. The Morgan fingerprint density at radius 1 is 1.33 bits per heavy atom. The Labute approximate surface area is 124 Å². The third-order valence-electron chi connectivity index (χ3n) is 4.28. The molecule has 2 atom stereocenters. The van der Waals surface area contributed by atoms with Gasteiger partial charge in [-0.25, -0.2) is 13.6 Å². The third-order valence-corrected chi connectivity index (χ3v) is 5.53. The number of hydrogen-bond donors (Lipinski definition) is 1. The maximum absolute atomic E-state index is 12.2. The van der Waals surface area contributed by atoms with Crippen molar-refractivity contribution in [2.75, 3.05) is 14.1 Å². The van der Waals surface area contributed by atoms with Gasteiger partial charge >= 0.3 is 0 Å². The second-order valence-corrected chi connectivity index (χ2v) is 7.70. The van der Waals surface area contributed by atoms with Crippen molar-refractivity contribution in [3.8, 4) is 0 Å². The zero-order valence-electron chi connectivity index (χ0n) is 12.5. The van der Waals surface area contributed by atoms with E-state index in [1.807, 2.05) is 44.1 Å². The van der Waals surface area contributed by atoms with E-state index in [1.165, 1.54) is 0 Å². The molecule has 1 aromatic carbocycles. The molecule has 0 spiro atoms. The number of fused-ring (bicyclic) bond motifs is 3. The maximum Gasteiger partial charge on any atom is 0.217 e. The Kier molecular flexibility index (Phi) is 3.35. The van der Waals surface area contributed by atoms with Gasteiger partial charge in [-0.05, 0) is 39.6 Å². The first-order chi connectivity index (χ1) is 9.79. The Morgan fingerprint density at radius 3 is 2.67 bits per heavy atom. The molecule has 114 valence electrons. The molecular formula is C15H20N2O3S. The molecule has 0 fully saturated rings. The van der Waals surface area contributed by atoms with Crippen LogP contribution < -0.4 is 5.14 Å². The number of rotatable bonds is 2. The fourth-order valence-electron chi connectivity index (χ4n) is 3.31. The first kappa shape index (κ1) is 14.6. The van der Waals surface area contributed by atoms with Crippen molar-refractivity contribution in [2.45, 2.75) is 31.1 Å². The molecule has 1 aromatic heterocycles. The first-order valence-corrected chi connectivity index (χ1v) is 8.60. The highest BCUT2D eigenvalue weighted by Crippen LogP contribution is 2.42. The maximum atomic E-state index is 12.2. The number of hydrogen-bond acceptors (Lipinski definition) is 4. The summed E-state index contributed by atoms with van der Waals surface area (Å²) in [5, 5.41) is 5.68. The standard InChI is InChI=1S/C15H20N2O3S/c1-9-4-6-12-10(8-9)14-13(20-12)7-5-11(17(2)3)15(14)21(16,18)19/h4,6,8,11,15H,5,7H2,1-3H3,(H2,16,18,19). The van der Waals surface area contributed by atoms with Crippen molar-refractivity contribution in [2.24, 2.45) is 5.14 Å². The molecule has 1 aliphatic rings. The smallest absolute Gasteiger partial charge is 0.217 e. The molecule has 0 amide bonds. The number of furan rings is 1. The molecule has 0 aliphatic heterocycles. The average Bonchev–Trinajstić information content (AvgIpc) is 2.74. The molecular weight excluding hydrogens is 288 g/mol. The Hall–Kier alpha value is -1.37. The van der Waals surface area contributed by atoms with Crippen LogP contribution >= 0.6 is 0 Å². The number of aryl methyl sites for hydroxylation is 2. The topological polar surface area (TPSA) is 76.5 Å². The number of sulfonamides is 1. The number of nitrogens with two attached hydrogens (primary N) is 1. The number of primary sulfonamides is 1. The number of nitrogens with zero attached hydrogens (tertiary/aromatic N) is 1. The van der Waals surface area contributed by atoms with Crippen LogP contribution in [-0.2, 0) is 16.4 Å². The quantitative estimate of drug-likeness (QED) is 0.920. The van der Waals surface area contributed by atoms with Crippen LogP contribution in [0.5, 0.6) is 0 Å². The zero-order valence-corrected chi connectivity index (χ0v) is 13.3. The lowest BCUT2D eigenvalue weighted by Gasteiger charge is -2.34. The van der Waals surface area contributed by atoms with E-state index in [-0.39, 0.29) is 6.04 Å². The van der Waals surface area contributed by atoms with Crippen LogP contribution in [0.3, 0.4) is 0 Å². The van der Waals surface area contributed by atoms with Gasteiger partial charge < -0.3 is 9.32 Å². The summed E-state index contributed by atoms with van der Waals surface area (Å²) in [6.07, 6.45) is 1.46. The van der Waals surface area contributed by atoms with Gasteiger partial charge in [0.05, 0.1) is 0 Å². The van der Waals surface area contributed by atoms with E-state index in [0.717, 1.165) is 40.7 Å². The summed E-state index contributed by atoms with van der Waals surface area (Å²) in [7, 11) is 0.0711. The van der Waals surface area contributed by atoms with E-state index in [1.54, 1.807) is 0 Å². The summed E-state index contributed by atoms with van der Waals surface area (Å²) in [6, 6.07) is 5.71. The van der Waals surface area contributed by atoms with Crippen molar-refractivity contribution < 1.29 is 12.8 Å². The van der Waals surface area contributed by atoms with E-state index in [4.69, 9.17) is 9.56 Å². The van der Waals surface area contributed by atoms with Crippen LogP contribution in [0, 0.1) is 6.92 Å². The largest absolute Gasteiger partial charge is 0.461 e. The summed E-state index contributed by atoms with van der Waals surface area (Å²) < 4.78 is 30.3. The van der Waals surface area contributed by atoms with Gasteiger partial charge in [-0.1, -0.05) is 11.6 Å². The van der Waals surface area contributed by atoms with E-state index in [9.17, 15) is 8.42 Å². The third kappa shape index (κ3) is 2.37. The minimum atomic E-state index is -3.71. The van der Waals surface area contributed by atoms with Gasteiger partial charge in [0, 0.05) is 23.4 Å². The molecule has 21 heavy (non-hydrogen) atoms. The van der Waals surface area contributed by atoms with Crippen molar-refractivity contribution in [1.82, 2.24) is 4.90 Å². The lowest BCUT2D eigenvalue weighted by atomic mass is 9.90. The van der Waals surface area contributed by atoms with Crippen LogP contribution in [0.2, 0.25) is 0 Å². The SMILES string of the molecule is Cc1ccc2oc3c(c2c1)C(S(N)(=O)=O)C(N(C)C)CC3. The van der Waals surface area contributed by atoms with E-state index in [0.29, 0.717) is 0 Å². The van der Waals surface area contributed by atoms with Gasteiger partial charge in [-0.15, -0.1) is 0 Å². The Bertz CT molecular complexity index is 793. The van der Waals surface area contributed by atoms with Gasteiger partial charge in [0.1, 0.15) is 16.6 Å². The van der Waals surface area contributed by atoms with Crippen molar-refractivity contribution >= 4 is 21.0 Å². The molecule has 1 aliphatic carbocycles. The Balaban J connectivity index is 2.30. The molecule has 2 aromatic rings. The first-order valence-electron chi connectivity index (χ1n) is 6.99. The monoisotopic (exact) mass is 308 g/mol. The molecule has 2 unspecified atom stereocenters. The lowest BCUT2D eigenvalue weighted by molar-refractivity contribution is 0.251. The average molecular weight is 308 g/mol. The van der Waals surface area contributed by atoms with E-state index >= 15 is 0 Å². The number of benzene rings is 1. The fraction of sp³-hybridized carbons (Fsp3) is 0.467. The van der Waals surface area contributed by atoms with E-state index in [2.05, 4.69) is 0 Å². The van der Waals surface area contributed by atoms with Crippen molar-refractivity contribution in [3.63, 3.8) is 0 Å². The van der Waals surface area contributed by atoms with Crippen LogP contribution in [0.15, 0.2) is 22.6 Å². The second kappa shape index (κ2) is 4.83. The van der Waals surface area contributed by atoms with Crippen molar-refractivity contribution in [1.29, 1.82) is 0 Å². The minimum absolute atomic E-state index is 0.131. The predicted octanol–water partition coefficient (Wildman–Crippen LogP) is 1.95. The highest BCUT2D eigenvalue weighted by atomic mass is 32.2. The summed E-state index contributed by atoms with van der Waals surface area (Å²) >= 11 is 0. The minimum Gasteiger partial charge on any atom is -0.461 e. The normalized spacial score (nSPS) is 22.7. The van der Waals surface area contributed by atoms with Gasteiger partial charge in [0.25, 0.3) is 0 Å². The second-order valence-electron chi connectivity index (χ2n) is 6.02. The summed E-state index contributed by atoms with van der Waals surface area (Å²) in [4.78, 5) is 1.94. The molecule has 1 heterocycles. The predicted molar refractivity (Wildman–Crippen MR) is 82.6 cm³/mol. The van der Waals surface area contributed by atoms with Crippen LogP contribution in [0.25, 0.3) is 11.0 Å². The molecule has 0 radical (unpaired) electrons. The molecule has 0 bridgehead atoms. The van der Waals surface area contributed by atoms with Crippen LogP contribution in [-0.4, -0.2) is 33.5 Å². The fourth-order valence-corrected chi connectivity index (χ4v) is 4.72. The van der Waals surface area contributed by atoms with Crippen LogP contribution in [0.4, 0.5) is 0 Å². The zero-order chi connectivity index (χ0) is 15.4. The summed E-state index contributed by atoms with van der Waals surface area (Å²) in [5.41, 5.74) is 2.56.